The lowest BCUT2D eigenvalue weighted by Crippen LogP contribution is -2.34. The van der Waals surface area contributed by atoms with Crippen molar-refractivity contribution in [3.63, 3.8) is 0 Å². The summed E-state index contributed by atoms with van der Waals surface area (Å²) in [5.74, 6) is -2.61. The fraction of sp³-hybridized carbons (Fsp3) is 0.364. The fourth-order valence-electron chi connectivity index (χ4n) is 1.39. The second-order valence-corrected chi connectivity index (χ2v) is 3.71. The zero-order valence-corrected chi connectivity index (χ0v) is 9.97. The second-order valence-electron chi connectivity index (χ2n) is 3.33. The van der Waals surface area contributed by atoms with Gasteiger partial charge in [-0.3, -0.25) is 4.79 Å². The standard InChI is InChI=1S/C11H12ClF2NO2/c1-2-15(5-6-16)11(17)7-3-4-8(13)9(12)10(7)14/h3-4,16H,2,5-6H2,1H3. The minimum atomic E-state index is -1.08. The average molecular weight is 264 g/mol. The first-order valence-electron chi connectivity index (χ1n) is 5.06. The number of carbonyl (C=O) groups excluding carboxylic acids is 1. The number of benzene rings is 1. The summed E-state index contributed by atoms with van der Waals surface area (Å²) < 4.78 is 26.5. The van der Waals surface area contributed by atoms with E-state index in [2.05, 4.69) is 0 Å². The lowest BCUT2D eigenvalue weighted by atomic mass is 10.1. The second kappa shape index (κ2) is 5.93. The number of aliphatic hydroxyl groups excluding tert-OH is 1. The molecule has 0 spiro atoms. The van der Waals surface area contributed by atoms with Gasteiger partial charge in [0.2, 0.25) is 0 Å². The van der Waals surface area contributed by atoms with Crippen molar-refractivity contribution in [2.75, 3.05) is 19.7 Å². The number of aliphatic hydroxyl groups is 1. The number of rotatable bonds is 4. The van der Waals surface area contributed by atoms with E-state index in [-0.39, 0.29) is 18.7 Å². The maximum absolute atomic E-state index is 13.6. The number of amides is 1. The van der Waals surface area contributed by atoms with Crippen molar-refractivity contribution in [2.45, 2.75) is 6.92 Å². The first-order chi connectivity index (χ1) is 8.02. The molecule has 0 saturated carbocycles. The summed E-state index contributed by atoms with van der Waals surface area (Å²) in [4.78, 5) is 13.1. The van der Waals surface area contributed by atoms with E-state index in [0.29, 0.717) is 6.54 Å². The van der Waals surface area contributed by atoms with Gasteiger partial charge in [-0.1, -0.05) is 11.6 Å². The van der Waals surface area contributed by atoms with Gasteiger partial charge < -0.3 is 10.0 Å². The molecule has 0 aliphatic carbocycles. The van der Waals surface area contributed by atoms with Gasteiger partial charge in [0.05, 0.1) is 12.2 Å². The number of nitrogens with zero attached hydrogens (tertiary/aromatic N) is 1. The molecular formula is C11H12ClF2NO2. The van der Waals surface area contributed by atoms with E-state index in [0.717, 1.165) is 12.1 Å². The molecule has 94 valence electrons. The van der Waals surface area contributed by atoms with E-state index in [1.165, 1.54) is 4.90 Å². The van der Waals surface area contributed by atoms with Crippen molar-refractivity contribution in [1.82, 2.24) is 4.90 Å². The molecule has 1 aromatic carbocycles. The van der Waals surface area contributed by atoms with Gasteiger partial charge in [0.25, 0.3) is 5.91 Å². The van der Waals surface area contributed by atoms with Crippen LogP contribution in [0.3, 0.4) is 0 Å². The van der Waals surface area contributed by atoms with E-state index in [1.807, 2.05) is 0 Å². The molecular weight excluding hydrogens is 252 g/mol. The van der Waals surface area contributed by atoms with Crippen LogP contribution in [-0.4, -0.2) is 35.6 Å². The van der Waals surface area contributed by atoms with Crippen LogP contribution < -0.4 is 0 Å². The predicted molar refractivity (Wildman–Crippen MR) is 60.0 cm³/mol. The first kappa shape index (κ1) is 13.9. The maximum Gasteiger partial charge on any atom is 0.256 e. The van der Waals surface area contributed by atoms with Crippen LogP contribution in [0.4, 0.5) is 8.78 Å². The molecule has 0 fully saturated rings. The van der Waals surface area contributed by atoms with Crippen LogP contribution in [0, 0.1) is 11.6 Å². The largest absolute Gasteiger partial charge is 0.395 e. The van der Waals surface area contributed by atoms with E-state index in [9.17, 15) is 13.6 Å². The molecule has 0 aromatic heterocycles. The molecule has 1 amide bonds. The van der Waals surface area contributed by atoms with Crippen LogP contribution in [0.5, 0.6) is 0 Å². The highest BCUT2D eigenvalue weighted by Gasteiger charge is 2.21. The Bertz CT molecular complexity index is 426. The summed E-state index contributed by atoms with van der Waals surface area (Å²) >= 11 is 5.38. The highest BCUT2D eigenvalue weighted by atomic mass is 35.5. The number of likely N-dealkylation sites (N-methyl/N-ethyl adjacent to an activating group) is 1. The Balaban J connectivity index is 3.08. The molecule has 1 rings (SSSR count). The lowest BCUT2D eigenvalue weighted by molar-refractivity contribution is 0.0727. The van der Waals surface area contributed by atoms with Gasteiger partial charge in [-0.05, 0) is 19.1 Å². The van der Waals surface area contributed by atoms with Crippen LogP contribution in [0.1, 0.15) is 17.3 Å². The summed E-state index contributed by atoms with van der Waals surface area (Å²) in [7, 11) is 0. The van der Waals surface area contributed by atoms with Gasteiger partial charge >= 0.3 is 0 Å². The fourth-order valence-corrected chi connectivity index (χ4v) is 1.55. The third-order valence-electron chi connectivity index (χ3n) is 2.30. The van der Waals surface area contributed by atoms with Crippen molar-refractivity contribution in [3.05, 3.63) is 34.4 Å². The van der Waals surface area contributed by atoms with Crippen LogP contribution in [0.2, 0.25) is 5.02 Å². The zero-order chi connectivity index (χ0) is 13.0. The van der Waals surface area contributed by atoms with E-state index in [4.69, 9.17) is 16.7 Å². The molecule has 0 bridgehead atoms. The Kier molecular flexibility index (Phi) is 4.84. The van der Waals surface area contributed by atoms with E-state index < -0.39 is 22.6 Å². The normalized spacial score (nSPS) is 10.4. The quantitative estimate of drug-likeness (QED) is 0.845. The van der Waals surface area contributed by atoms with Gasteiger partial charge in [0.15, 0.2) is 5.82 Å². The SMILES string of the molecule is CCN(CCO)C(=O)c1ccc(F)c(Cl)c1F. The molecule has 0 heterocycles. The molecule has 0 radical (unpaired) electrons. The summed E-state index contributed by atoms with van der Waals surface area (Å²) in [6, 6.07) is 1.98. The van der Waals surface area contributed by atoms with Crippen molar-refractivity contribution in [3.8, 4) is 0 Å². The summed E-state index contributed by atoms with van der Waals surface area (Å²) in [5, 5.41) is 8.06. The number of hydrogen-bond donors (Lipinski definition) is 1. The number of halogens is 3. The average Bonchev–Trinajstić information content (AvgIpc) is 2.32. The molecule has 1 N–H and O–H groups in total. The number of carbonyl (C=O) groups is 1. The molecule has 1 aromatic rings. The van der Waals surface area contributed by atoms with E-state index >= 15 is 0 Å². The molecule has 0 unspecified atom stereocenters. The van der Waals surface area contributed by atoms with Crippen LogP contribution in [-0.2, 0) is 0 Å². The van der Waals surface area contributed by atoms with Crippen molar-refractivity contribution in [1.29, 1.82) is 0 Å². The molecule has 0 atom stereocenters. The minimum absolute atomic E-state index is 0.0871. The molecule has 0 saturated heterocycles. The summed E-state index contributed by atoms with van der Waals surface area (Å²) in [6.45, 7) is 1.87. The highest BCUT2D eigenvalue weighted by molar-refractivity contribution is 6.31. The third kappa shape index (κ3) is 2.92. The zero-order valence-electron chi connectivity index (χ0n) is 9.21. The third-order valence-corrected chi connectivity index (χ3v) is 2.65. The Hall–Kier alpha value is -1.20. The van der Waals surface area contributed by atoms with Crippen molar-refractivity contribution in [2.24, 2.45) is 0 Å². The number of hydrogen-bond acceptors (Lipinski definition) is 2. The van der Waals surface area contributed by atoms with Crippen LogP contribution >= 0.6 is 11.6 Å². The minimum Gasteiger partial charge on any atom is -0.395 e. The topological polar surface area (TPSA) is 40.5 Å². The molecule has 6 heteroatoms. The Morgan fingerprint density at radius 2 is 2.12 bits per heavy atom. The van der Waals surface area contributed by atoms with Gasteiger partial charge in [-0.25, -0.2) is 8.78 Å². The molecule has 0 aliphatic rings. The van der Waals surface area contributed by atoms with Gasteiger partial charge in [-0.15, -0.1) is 0 Å². The smallest absolute Gasteiger partial charge is 0.256 e. The molecule has 0 aliphatic heterocycles. The van der Waals surface area contributed by atoms with Crippen molar-refractivity contribution < 1.29 is 18.7 Å². The molecule has 3 nitrogen and oxygen atoms in total. The summed E-state index contributed by atoms with van der Waals surface area (Å²) in [6.07, 6.45) is 0. The van der Waals surface area contributed by atoms with Crippen LogP contribution in [0.15, 0.2) is 12.1 Å². The highest BCUT2D eigenvalue weighted by Crippen LogP contribution is 2.22. The van der Waals surface area contributed by atoms with Gasteiger partial charge in [0.1, 0.15) is 10.8 Å². The Morgan fingerprint density at radius 1 is 1.47 bits per heavy atom. The predicted octanol–water partition coefficient (Wildman–Crippen LogP) is 2.07. The summed E-state index contributed by atoms with van der Waals surface area (Å²) in [5.41, 5.74) is -0.299. The Labute approximate surface area is 103 Å². The van der Waals surface area contributed by atoms with Gasteiger partial charge in [-0.2, -0.15) is 0 Å². The monoisotopic (exact) mass is 263 g/mol. The van der Waals surface area contributed by atoms with E-state index in [1.54, 1.807) is 6.92 Å². The lowest BCUT2D eigenvalue weighted by Gasteiger charge is -2.20. The Morgan fingerprint density at radius 3 is 2.65 bits per heavy atom. The van der Waals surface area contributed by atoms with Crippen molar-refractivity contribution >= 4 is 17.5 Å². The first-order valence-corrected chi connectivity index (χ1v) is 5.44. The maximum atomic E-state index is 13.6. The van der Waals surface area contributed by atoms with Gasteiger partial charge in [0, 0.05) is 13.1 Å². The molecule has 17 heavy (non-hydrogen) atoms. The van der Waals surface area contributed by atoms with Crippen LogP contribution in [0.25, 0.3) is 0 Å².